The van der Waals surface area contributed by atoms with Crippen molar-refractivity contribution in [1.29, 1.82) is 0 Å². The standard InChI is InChI=1S/C20H31NO4/c1-8-25-17(23)10-9-16(22)21-13-11-14(19(2,3)4)18(24)15(12-13)20(5,6)7/h11-12,24H,8-10H2,1-7H3,(H,21,22). The number of phenolic OH excluding ortho intramolecular Hbond substituents is 1. The number of phenols is 1. The Hall–Kier alpha value is -2.04. The number of anilines is 1. The first kappa shape index (κ1) is 21.0. The third-order valence-corrected chi connectivity index (χ3v) is 3.87. The number of hydrogen-bond acceptors (Lipinski definition) is 4. The summed E-state index contributed by atoms with van der Waals surface area (Å²) in [6.45, 7) is 14.1. The summed E-state index contributed by atoms with van der Waals surface area (Å²) in [7, 11) is 0. The van der Waals surface area contributed by atoms with Crippen molar-refractivity contribution in [3.63, 3.8) is 0 Å². The summed E-state index contributed by atoms with van der Waals surface area (Å²) in [5, 5.41) is 13.5. The molecule has 0 heterocycles. The average molecular weight is 349 g/mol. The van der Waals surface area contributed by atoms with Gasteiger partial charge in [-0.1, -0.05) is 41.5 Å². The number of amides is 1. The number of esters is 1. The topological polar surface area (TPSA) is 75.6 Å². The number of ether oxygens (including phenoxy) is 1. The monoisotopic (exact) mass is 349 g/mol. The molecule has 0 aliphatic rings. The van der Waals surface area contributed by atoms with Crippen LogP contribution in [0.5, 0.6) is 5.75 Å². The van der Waals surface area contributed by atoms with E-state index in [1.54, 1.807) is 19.1 Å². The van der Waals surface area contributed by atoms with Crippen LogP contribution in [0.25, 0.3) is 0 Å². The fraction of sp³-hybridized carbons (Fsp3) is 0.600. The number of benzene rings is 1. The van der Waals surface area contributed by atoms with Gasteiger partial charge in [0.2, 0.25) is 5.91 Å². The van der Waals surface area contributed by atoms with Crippen LogP contribution < -0.4 is 5.32 Å². The first-order valence-electron chi connectivity index (χ1n) is 8.69. The van der Waals surface area contributed by atoms with E-state index < -0.39 is 0 Å². The molecule has 0 saturated carbocycles. The van der Waals surface area contributed by atoms with Gasteiger partial charge in [0, 0.05) is 23.2 Å². The van der Waals surface area contributed by atoms with Crippen LogP contribution in [0.2, 0.25) is 0 Å². The summed E-state index contributed by atoms with van der Waals surface area (Å²) in [5.41, 5.74) is 1.65. The van der Waals surface area contributed by atoms with E-state index in [0.717, 1.165) is 11.1 Å². The summed E-state index contributed by atoms with van der Waals surface area (Å²) < 4.78 is 4.83. The Kier molecular flexibility index (Phi) is 6.63. The molecule has 0 radical (unpaired) electrons. The molecule has 0 bridgehead atoms. The molecule has 0 aliphatic carbocycles. The van der Waals surface area contributed by atoms with Crippen LogP contribution >= 0.6 is 0 Å². The maximum absolute atomic E-state index is 12.1. The SMILES string of the molecule is CCOC(=O)CCC(=O)Nc1cc(C(C)(C)C)c(O)c(C(C)(C)C)c1. The number of rotatable bonds is 5. The number of nitrogens with one attached hydrogen (secondary N) is 1. The van der Waals surface area contributed by atoms with Crippen molar-refractivity contribution in [1.82, 2.24) is 0 Å². The van der Waals surface area contributed by atoms with Crippen LogP contribution in [0.4, 0.5) is 5.69 Å². The number of hydrogen-bond donors (Lipinski definition) is 2. The molecule has 0 spiro atoms. The Balaban J connectivity index is 3.07. The predicted molar refractivity (Wildman–Crippen MR) is 100 cm³/mol. The minimum absolute atomic E-state index is 0.0516. The van der Waals surface area contributed by atoms with Crippen molar-refractivity contribution in [2.24, 2.45) is 0 Å². The van der Waals surface area contributed by atoms with Crippen LogP contribution in [-0.4, -0.2) is 23.6 Å². The second-order valence-corrected chi connectivity index (χ2v) is 8.27. The molecule has 140 valence electrons. The van der Waals surface area contributed by atoms with E-state index >= 15 is 0 Å². The van der Waals surface area contributed by atoms with Crippen molar-refractivity contribution in [3.05, 3.63) is 23.3 Å². The average Bonchev–Trinajstić information content (AvgIpc) is 2.44. The van der Waals surface area contributed by atoms with Crippen LogP contribution in [0.1, 0.15) is 72.4 Å². The Bertz CT molecular complexity index is 601. The Morgan fingerprint density at radius 2 is 1.48 bits per heavy atom. The summed E-state index contributed by atoms with van der Waals surface area (Å²) >= 11 is 0. The minimum atomic E-state index is -0.380. The maximum Gasteiger partial charge on any atom is 0.306 e. The molecule has 0 atom stereocenters. The van der Waals surface area contributed by atoms with Crippen LogP contribution in [-0.2, 0) is 25.2 Å². The van der Waals surface area contributed by atoms with Gasteiger partial charge in [-0.25, -0.2) is 0 Å². The van der Waals surface area contributed by atoms with E-state index in [9.17, 15) is 14.7 Å². The lowest BCUT2D eigenvalue weighted by Crippen LogP contribution is -2.20. The molecule has 0 aliphatic heterocycles. The third-order valence-electron chi connectivity index (χ3n) is 3.87. The van der Waals surface area contributed by atoms with Crippen LogP contribution in [0.15, 0.2) is 12.1 Å². The summed E-state index contributed by atoms with van der Waals surface area (Å²) in [6, 6.07) is 3.60. The molecule has 0 saturated heterocycles. The normalized spacial score (nSPS) is 12.0. The molecule has 0 unspecified atom stereocenters. The molecule has 0 aromatic heterocycles. The highest BCUT2D eigenvalue weighted by atomic mass is 16.5. The fourth-order valence-electron chi connectivity index (χ4n) is 2.52. The van der Waals surface area contributed by atoms with E-state index in [1.165, 1.54) is 0 Å². The van der Waals surface area contributed by atoms with Crippen LogP contribution in [0, 0.1) is 0 Å². The van der Waals surface area contributed by atoms with E-state index in [2.05, 4.69) is 5.32 Å². The van der Waals surface area contributed by atoms with Gasteiger partial charge >= 0.3 is 5.97 Å². The second kappa shape index (κ2) is 7.89. The van der Waals surface area contributed by atoms with Gasteiger partial charge in [-0.05, 0) is 29.9 Å². The molecule has 1 rings (SSSR count). The van der Waals surface area contributed by atoms with Crippen LogP contribution in [0.3, 0.4) is 0 Å². The quantitative estimate of drug-likeness (QED) is 0.615. The summed E-state index contributed by atoms with van der Waals surface area (Å²) in [6.07, 6.45) is 0.116. The Morgan fingerprint density at radius 3 is 1.88 bits per heavy atom. The number of aromatic hydroxyl groups is 1. The molecule has 25 heavy (non-hydrogen) atoms. The summed E-state index contributed by atoms with van der Waals surface area (Å²) in [4.78, 5) is 23.5. The van der Waals surface area contributed by atoms with Gasteiger partial charge in [-0.2, -0.15) is 0 Å². The predicted octanol–water partition coefficient (Wildman–Crippen LogP) is 4.27. The lowest BCUT2D eigenvalue weighted by atomic mass is 9.79. The molecule has 1 amide bonds. The highest BCUT2D eigenvalue weighted by Gasteiger charge is 2.26. The third kappa shape index (κ3) is 6.07. The largest absolute Gasteiger partial charge is 0.507 e. The van der Waals surface area contributed by atoms with Gasteiger partial charge in [-0.3, -0.25) is 9.59 Å². The van der Waals surface area contributed by atoms with Gasteiger partial charge in [0.1, 0.15) is 5.75 Å². The van der Waals surface area contributed by atoms with Crippen molar-refractivity contribution in [2.45, 2.75) is 72.1 Å². The van der Waals surface area contributed by atoms with Gasteiger partial charge in [0.05, 0.1) is 13.0 Å². The summed E-state index contributed by atoms with van der Waals surface area (Å²) in [5.74, 6) is -0.364. The number of carbonyl (C=O) groups excluding carboxylic acids is 2. The second-order valence-electron chi connectivity index (χ2n) is 8.27. The Labute approximate surface area is 150 Å². The van der Waals surface area contributed by atoms with Gasteiger partial charge in [-0.15, -0.1) is 0 Å². The minimum Gasteiger partial charge on any atom is -0.507 e. The van der Waals surface area contributed by atoms with E-state index in [1.807, 2.05) is 41.5 Å². The first-order valence-corrected chi connectivity index (χ1v) is 8.69. The maximum atomic E-state index is 12.1. The molecular formula is C20H31NO4. The van der Waals surface area contributed by atoms with Crippen molar-refractivity contribution < 1.29 is 19.4 Å². The molecule has 0 fully saturated rings. The lowest BCUT2D eigenvalue weighted by Gasteiger charge is -2.28. The van der Waals surface area contributed by atoms with E-state index in [4.69, 9.17) is 4.74 Å². The zero-order valence-corrected chi connectivity index (χ0v) is 16.4. The smallest absolute Gasteiger partial charge is 0.306 e. The van der Waals surface area contributed by atoms with Gasteiger partial charge in [0.15, 0.2) is 0 Å². The fourth-order valence-corrected chi connectivity index (χ4v) is 2.52. The van der Waals surface area contributed by atoms with Gasteiger partial charge in [0.25, 0.3) is 0 Å². The molecule has 1 aromatic carbocycles. The zero-order chi connectivity index (χ0) is 19.4. The lowest BCUT2D eigenvalue weighted by molar-refractivity contribution is -0.144. The highest BCUT2D eigenvalue weighted by Crippen LogP contribution is 2.41. The van der Waals surface area contributed by atoms with Crippen molar-refractivity contribution in [3.8, 4) is 5.75 Å². The van der Waals surface area contributed by atoms with Gasteiger partial charge < -0.3 is 15.2 Å². The molecule has 5 heteroatoms. The number of carbonyl (C=O) groups is 2. The first-order chi connectivity index (χ1) is 11.4. The Morgan fingerprint density at radius 1 is 1.00 bits per heavy atom. The van der Waals surface area contributed by atoms with E-state index in [-0.39, 0.29) is 41.3 Å². The molecular weight excluding hydrogens is 318 g/mol. The zero-order valence-electron chi connectivity index (χ0n) is 16.4. The highest BCUT2D eigenvalue weighted by molar-refractivity contribution is 5.93. The molecule has 1 aromatic rings. The molecule has 2 N–H and O–H groups in total. The molecule has 5 nitrogen and oxygen atoms in total. The van der Waals surface area contributed by atoms with E-state index in [0.29, 0.717) is 12.3 Å². The van der Waals surface area contributed by atoms with Crippen molar-refractivity contribution >= 4 is 17.6 Å². The van der Waals surface area contributed by atoms with Crippen molar-refractivity contribution in [2.75, 3.05) is 11.9 Å².